The number of hydrogen-bond acceptors (Lipinski definition) is 5. The summed E-state index contributed by atoms with van der Waals surface area (Å²) in [5, 5.41) is 6.45. The van der Waals surface area contributed by atoms with E-state index in [2.05, 4.69) is 20.6 Å². The van der Waals surface area contributed by atoms with Crippen LogP contribution in [-0.4, -0.2) is 40.6 Å². The molecule has 2 aromatic heterocycles. The number of ether oxygens (including phenoxy) is 1. The van der Waals surface area contributed by atoms with Gasteiger partial charge in [0.1, 0.15) is 5.75 Å². The molecule has 2 N–H and O–H groups in total. The van der Waals surface area contributed by atoms with Crippen LogP contribution in [-0.2, 0) is 11.2 Å². The third kappa shape index (κ3) is 4.38. The lowest BCUT2D eigenvalue weighted by molar-refractivity contribution is -0.140. The van der Waals surface area contributed by atoms with E-state index >= 15 is 0 Å². The van der Waals surface area contributed by atoms with E-state index in [9.17, 15) is 4.79 Å². The average Bonchev–Trinajstić information content (AvgIpc) is 2.65. The van der Waals surface area contributed by atoms with Gasteiger partial charge in [-0.05, 0) is 63.2 Å². The first-order chi connectivity index (χ1) is 12.6. The van der Waals surface area contributed by atoms with E-state index in [-0.39, 0.29) is 11.9 Å². The first-order valence-corrected chi connectivity index (χ1v) is 9.10. The number of carbonyl (C=O) groups is 1. The predicted molar refractivity (Wildman–Crippen MR) is 100.0 cm³/mol. The van der Waals surface area contributed by atoms with Crippen molar-refractivity contribution >= 4 is 5.91 Å². The highest BCUT2D eigenvalue weighted by Gasteiger charge is 2.42. The average molecular weight is 354 g/mol. The first-order valence-electron chi connectivity index (χ1n) is 9.10. The van der Waals surface area contributed by atoms with E-state index in [0.717, 1.165) is 30.8 Å². The minimum atomic E-state index is -0.856. The fraction of sp³-hybridized carbons (Fsp3) is 0.450. The molecule has 2 aromatic rings. The highest BCUT2D eigenvalue weighted by molar-refractivity contribution is 5.86. The molecule has 1 aliphatic heterocycles. The van der Waals surface area contributed by atoms with Crippen molar-refractivity contribution in [2.45, 2.75) is 44.8 Å². The van der Waals surface area contributed by atoms with Gasteiger partial charge in [0, 0.05) is 37.5 Å². The molecule has 6 nitrogen and oxygen atoms in total. The molecule has 1 fully saturated rings. The molecule has 0 bridgehead atoms. The summed E-state index contributed by atoms with van der Waals surface area (Å²) < 4.78 is 6.26. The molecule has 1 saturated heterocycles. The van der Waals surface area contributed by atoms with Crippen LogP contribution in [0, 0.1) is 6.92 Å². The van der Waals surface area contributed by atoms with Crippen molar-refractivity contribution < 1.29 is 9.53 Å². The summed E-state index contributed by atoms with van der Waals surface area (Å²) in [6, 6.07) is 7.66. The summed E-state index contributed by atoms with van der Waals surface area (Å²) >= 11 is 0. The molecule has 1 aliphatic rings. The third-order valence-electron chi connectivity index (χ3n) is 4.76. The highest BCUT2D eigenvalue weighted by atomic mass is 16.5. The van der Waals surface area contributed by atoms with Crippen molar-refractivity contribution in [2.75, 3.05) is 13.1 Å². The van der Waals surface area contributed by atoms with Crippen LogP contribution in [0.4, 0.5) is 0 Å². The van der Waals surface area contributed by atoms with Crippen LogP contribution in [0.2, 0.25) is 0 Å². The Kier molecular flexibility index (Phi) is 5.83. The zero-order chi connectivity index (χ0) is 18.4. The number of nitrogens with one attached hydrogen (secondary N) is 2. The zero-order valence-electron chi connectivity index (χ0n) is 15.4. The van der Waals surface area contributed by atoms with Crippen molar-refractivity contribution in [1.29, 1.82) is 0 Å². The van der Waals surface area contributed by atoms with Gasteiger partial charge in [0.2, 0.25) is 0 Å². The number of hydrogen-bond donors (Lipinski definition) is 2. The number of carbonyl (C=O) groups excluding carboxylic acids is 1. The monoisotopic (exact) mass is 354 g/mol. The minimum absolute atomic E-state index is 0.00950. The van der Waals surface area contributed by atoms with E-state index in [4.69, 9.17) is 4.74 Å². The van der Waals surface area contributed by atoms with Crippen molar-refractivity contribution in [3.8, 4) is 5.75 Å². The summed E-state index contributed by atoms with van der Waals surface area (Å²) in [5.41, 5.74) is 1.09. The molecule has 6 heteroatoms. The summed E-state index contributed by atoms with van der Waals surface area (Å²) in [6.07, 6.45) is 7.30. The molecule has 1 amide bonds. The van der Waals surface area contributed by atoms with Crippen molar-refractivity contribution in [3.63, 3.8) is 0 Å². The molecular weight excluding hydrogens is 328 g/mol. The molecule has 1 atom stereocenters. The van der Waals surface area contributed by atoms with Crippen LogP contribution in [0.1, 0.15) is 31.0 Å². The first kappa shape index (κ1) is 18.3. The largest absolute Gasteiger partial charge is 0.475 e. The van der Waals surface area contributed by atoms with Crippen molar-refractivity contribution in [3.05, 3.63) is 54.1 Å². The lowest BCUT2D eigenvalue weighted by Gasteiger charge is -2.37. The topological polar surface area (TPSA) is 76.1 Å². The number of aryl methyl sites for hydroxylation is 1. The lowest BCUT2D eigenvalue weighted by atomic mass is 9.90. The van der Waals surface area contributed by atoms with Gasteiger partial charge in [0.05, 0.1) is 5.69 Å². The maximum Gasteiger partial charge on any atom is 0.264 e. The van der Waals surface area contributed by atoms with Gasteiger partial charge in [0.15, 0.2) is 5.60 Å². The molecule has 138 valence electrons. The Bertz CT molecular complexity index is 730. The van der Waals surface area contributed by atoms with E-state index in [1.807, 2.05) is 38.1 Å². The predicted octanol–water partition coefficient (Wildman–Crippen LogP) is 2.03. The Hall–Kier alpha value is -2.47. The Morgan fingerprint density at radius 3 is 2.69 bits per heavy atom. The molecular formula is C20H26N4O2. The SMILES string of the molecule is Cc1ncccc1OC1(C(=O)N[C@@H](C)Cc2ccncc2)CCNCC1. The zero-order valence-corrected chi connectivity index (χ0v) is 15.4. The van der Waals surface area contributed by atoms with Crippen LogP contribution in [0.15, 0.2) is 42.9 Å². The second-order valence-corrected chi connectivity index (χ2v) is 6.87. The van der Waals surface area contributed by atoms with Gasteiger partial charge in [-0.25, -0.2) is 0 Å². The van der Waals surface area contributed by atoms with Gasteiger partial charge in [-0.1, -0.05) is 0 Å². The molecule has 0 saturated carbocycles. The molecule has 0 aromatic carbocycles. The Balaban J connectivity index is 1.72. The van der Waals surface area contributed by atoms with Crippen molar-refractivity contribution in [1.82, 2.24) is 20.6 Å². The Morgan fingerprint density at radius 1 is 1.27 bits per heavy atom. The van der Waals surface area contributed by atoms with Gasteiger partial charge in [-0.2, -0.15) is 0 Å². The summed E-state index contributed by atoms with van der Waals surface area (Å²) in [5.74, 6) is 0.621. The van der Waals surface area contributed by atoms with Crippen LogP contribution in [0.3, 0.4) is 0 Å². The number of amides is 1. The number of rotatable bonds is 6. The highest BCUT2D eigenvalue weighted by Crippen LogP contribution is 2.28. The molecule has 26 heavy (non-hydrogen) atoms. The van der Waals surface area contributed by atoms with Crippen LogP contribution in [0.25, 0.3) is 0 Å². The van der Waals surface area contributed by atoms with Gasteiger partial charge < -0.3 is 15.4 Å². The van der Waals surface area contributed by atoms with E-state index in [1.54, 1.807) is 18.6 Å². The normalized spacial score (nSPS) is 17.3. The number of pyridine rings is 2. The summed E-state index contributed by atoms with van der Waals surface area (Å²) in [4.78, 5) is 21.4. The summed E-state index contributed by atoms with van der Waals surface area (Å²) in [7, 11) is 0. The lowest BCUT2D eigenvalue weighted by Crippen LogP contribution is -2.58. The minimum Gasteiger partial charge on any atom is -0.475 e. The second-order valence-electron chi connectivity index (χ2n) is 6.87. The Labute approximate surface area is 154 Å². The number of piperidine rings is 1. The smallest absolute Gasteiger partial charge is 0.264 e. The van der Waals surface area contributed by atoms with Gasteiger partial charge in [0.25, 0.3) is 5.91 Å². The van der Waals surface area contributed by atoms with Crippen LogP contribution >= 0.6 is 0 Å². The standard InChI is InChI=1S/C20H26N4O2/c1-15(14-17-5-10-21-11-6-17)24-19(25)20(7-12-22-13-8-20)26-18-4-3-9-23-16(18)2/h3-6,9-11,15,22H,7-8,12-14H2,1-2H3,(H,24,25)/t15-/m0/s1. The third-order valence-corrected chi connectivity index (χ3v) is 4.76. The maximum absolute atomic E-state index is 13.1. The fourth-order valence-corrected chi connectivity index (χ4v) is 3.27. The van der Waals surface area contributed by atoms with E-state index in [0.29, 0.717) is 18.6 Å². The molecule has 3 heterocycles. The molecule has 3 rings (SSSR count). The second kappa shape index (κ2) is 8.27. The summed E-state index contributed by atoms with van der Waals surface area (Å²) in [6.45, 7) is 5.42. The van der Waals surface area contributed by atoms with E-state index in [1.165, 1.54) is 0 Å². The quantitative estimate of drug-likeness (QED) is 0.830. The molecule has 0 unspecified atom stereocenters. The maximum atomic E-state index is 13.1. The van der Waals surface area contributed by atoms with Crippen molar-refractivity contribution in [2.24, 2.45) is 0 Å². The van der Waals surface area contributed by atoms with Gasteiger partial charge in [-0.3, -0.25) is 14.8 Å². The van der Waals surface area contributed by atoms with Crippen LogP contribution < -0.4 is 15.4 Å². The molecule has 0 spiro atoms. The Morgan fingerprint density at radius 2 is 2.00 bits per heavy atom. The van der Waals surface area contributed by atoms with Gasteiger partial charge in [-0.15, -0.1) is 0 Å². The number of aromatic nitrogens is 2. The number of nitrogens with zero attached hydrogens (tertiary/aromatic N) is 2. The molecule has 0 aliphatic carbocycles. The van der Waals surface area contributed by atoms with Gasteiger partial charge >= 0.3 is 0 Å². The molecule has 0 radical (unpaired) electrons. The van der Waals surface area contributed by atoms with Crippen LogP contribution in [0.5, 0.6) is 5.75 Å². The van der Waals surface area contributed by atoms with E-state index < -0.39 is 5.60 Å². The fourth-order valence-electron chi connectivity index (χ4n) is 3.27.